The average molecular weight is 549 g/mol. The summed E-state index contributed by atoms with van der Waals surface area (Å²) in [5, 5.41) is 5.48. The topological polar surface area (TPSA) is 137 Å². The number of hydrogen-bond donors (Lipinski definition) is 4. The van der Waals surface area contributed by atoms with Crippen molar-refractivity contribution in [1.29, 1.82) is 0 Å². The maximum atomic E-state index is 13.1. The zero-order chi connectivity index (χ0) is 28.0. The quantitative estimate of drug-likeness (QED) is 0.230. The van der Waals surface area contributed by atoms with Crippen LogP contribution >= 0.6 is 11.8 Å². The van der Waals surface area contributed by atoms with Gasteiger partial charge in [-0.15, -0.1) is 0 Å². The highest BCUT2D eigenvalue weighted by molar-refractivity contribution is 7.98. The van der Waals surface area contributed by atoms with Crippen molar-refractivity contribution in [1.82, 2.24) is 10.6 Å². The fourth-order valence-corrected chi connectivity index (χ4v) is 4.41. The molecular formula is C30H36N4O4S. The first-order valence-electron chi connectivity index (χ1n) is 12.8. The van der Waals surface area contributed by atoms with Crippen molar-refractivity contribution in [3.63, 3.8) is 0 Å². The van der Waals surface area contributed by atoms with E-state index in [1.165, 1.54) is 0 Å². The molecule has 39 heavy (non-hydrogen) atoms. The molecule has 0 aliphatic rings. The van der Waals surface area contributed by atoms with E-state index in [1.54, 1.807) is 11.8 Å². The normalized spacial score (nSPS) is 13.1. The average Bonchev–Trinajstić information content (AvgIpc) is 2.95. The van der Waals surface area contributed by atoms with Gasteiger partial charge in [-0.3, -0.25) is 14.4 Å². The Balaban J connectivity index is 1.61. The highest BCUT2D eigenvalue weighted by Gasteiger charge is 2.27. The third-order valence-electron chi connectivity index (χ3n) is 6.15. The van der Waals surface area contributed by atoms with Gasteiger partial charge < -0.3 is 26.8 Å². The number of benzene rings is 3. The largest absolute Gasteiger partial charge is 0.489 e. The van der Waals surface area contributed by atoms with E-state index in [1.807, 2.05) is 91.2 Å². The van der Waals surface area contributed by atoms with E-state index in [0.29, 0.717) is 24.5 Å². The second-order valence-corrected chi connectivity index (χ2v) is 10.2. The Kier molecular flexibility index (Phi) is 11.9. The van der Waals surface area contributed by atoms with Gasteiger partial charge in [0.05, 0.1) is 6.04 Å². The van der Waals surface area contributed by atoms with Gasteiger partial charge in [-0.25, -0.2) is 0 Å². The molecule has 0 aromatic heterocycles. The van der Waals surface area contributed by atoms with E-state index < -0.39 is 35.8 Å². The van der Waals surface area contributed by atoms with Gasteiger partial charge in [-0.05, 0) is 53.7 Å². The van der Waals surface area contributed by atoms with Gasteiger partial charge in [0, 0.05) is 6.42 Å². The fourth-order valence-electron chi connectivity index (χ4n) is 3.94. The first-order valence-corrected chi connectivity index (χ1v) is 14.2. The van der Waals surface area contributed by atoms with Crippen molar-refractivity contribution in [2.75, 3.05) is 12.0 Å². The van der Waals surface area contributed by atoms with Gasteiger partial charge in [0.1, 0.15) is 24.4 Å². The number of nitrogens with two attached hydrogens (primary N) is 2. The lowest BCUT2D eigenvalue weighted by atomic mass is 10.0. The third-order valence-corrected chi connectivity index (χ3v) is 6.79. The summed E-state index contributed by atoms with van der Waals surface area (Å²) in [7, 11) is 0. The van der Waals surface area contributed by atoms with Crippen LogP contribution in [0.5, 0.6) is 5.75 Å². The SMILES string of the molecule is CSCCC(NC(=O)C(Cc1ccccc1)NC(=O)C(N)Cc1ccc(OCc2ccccc2)cc1)C(N)=O. The lowest BCUT2D eigenvalue weighted by molar-refractivity contribution is -0.131. The highest BCUT2D eigenvalue weighted by Crippen LogP contribution is 2.15. The van der Waals surface area contributed by atoms with Crippen LogP contribution in [-0.4, -0.2) is 47.9 Å². The second-order valence-electron chi connectivity index (χ2n) is 9.22. The minimum absolute atomic E-state index is 0.243. The summed E-state index contributed by atoms with van der Waals surface area (Å²) in [6.07, 6.45) is 2.83. The molecule has 0 bridgehead atoms. The summed E-state index contributed by atoms with van der Waals surface area (Å²) < 4.78 is 5.82. The number of hydrogen-bond acceptors (Lipinski definition) is 6. The summed E-state index contributed by atoms with van der Waals surface area (Å²) >= 11 is 1.55. The van der Waals surface area contributed by atoms with E-state index in [9.17, 15) is 14.4 Å². The van der Waals surface area contributed by atoms with Gasteiger partial charge in [0.2, 0.25) is 17.7 Å². The van der Waals surface area contributed by atoms with Crippen LogP contribution in [0.25, 0.3) is 0 Å². The summed E-state index contributed by atoms with van der Waals surface area (Å²) in [6.45, 7) is 0.459. The maximum absolute atomic E-state index is 13.1. The van der Waals surface area contributed by atoms with Crippen molar-refractivity contribution in [2.45, 2.75) is 44.0 Å². The molecule has 6 N–H and O–H groups in total. The number of thioether (sulfide) groups is 1. The lowest BCUT2D eigenvalue weighted by Gasteiger charge is -2.23. The van der Waals surface area contributed by atoms with Crippen molar-refractivity contribution in [3.05, 3.63) is 102 Å². The Morgan fingerprint density at radius 3 is 1.92 bits per heavy atom. The Labute approximate surface area is 233 Å². The zero-order valence-electron chi connectivity index (χ0n) is 22.0. The molecular weight excluding hydrogens is 512 g/mol. The van der Waals surface area contributed by atoms with E-state index in [-0.39, 0.29) is 12.8 Å². The number of carbonyl (C=O) groups excluding carboxylic acids is 3. The van der Waals surface area contributed by atoms with Gasteiger partial charge >= 0.3 is 0 Å². The van der Waals surface area contributed by atoms with Gasteiger partial charge in [0.25, 0.3) is 0 Å². The Hall–Kier alpha value is -3.82. The van der Waals surface area contributed by atoms with Crippen LogP contribution in [0.4, 0.5) is 0 Å². The summed E-state index contributed by atoms with van der Waals surface area (Å²) in [5.74, 6) is -0.190. The van der Waals surface area contributed by atoms with E-state index in [4.69, 9.17) is 16.2 Å². The highest BCUT2D eigenvalue weighted by atomic mass is 32.2. The first-order chi connectivity index (χ1) is 18.9. The van der Waals surface area contributed by atoms with Crippen LogP contribution in [0, 0.1) is 0 Å². The number of carbonyl (C=O) groups is 3. The number of nitrogens with one attached hydrogen (secondary N) is 2. The minimum Gasteiger partial charge on any atom is -0.489 e. The standard InChI is InChI=1S/C30H36N4O4S/c1-39-17-16-26(28(32)35)33-30(37)27(19-21-8-4-2-5-9-21)34-29(36)25(31)18-22-12-14-24(15-13-22)38-20-23-10-6-3-7-11-23/h2-15,25-27H,16-20,31H2,1H3,(H2,32,35)(H,33,37)(H,34,36). The van der Waals surface area contributed by atoms with Crippen LogP contribution in [0.15, 0.2) is 84.9 Å². The van der Waals surface area contributed by atoms with Crippen LogP contribution in [-0.2, 0) is 33.8 Å². The van der Waals surface area contributed by atoms with Crippen molar-refractivity contribution >= 4 is 29.5 Å². The third kappa shape index (κ3) is 10.1. The molecule has 0 saturated heterocycles. The molecule has 3 rings (SSSR count). The molecule has 0 spiro atoms. The molecule has 0 fully saturated rings. The number of ether oxygens (including phenoxy) is 1. The molecule has 0 radical (unpaired) electrons. The number of primary amides is 1. The predicted octanol–water partition coefficient (Wildman–Crippen LogP) is 2.59. The van der Waals surface area contributed by atoms with Gasteiger partial charge in [0.15, 0.2) is 0 Å². The molecule has 3 unspecified atom stereocenters. The molecule has 0 aliphatic heterocycles. The molecule has 3 atom stereocenters. The Morgan fingerprint density at radius 1 is 0.769 bits per heavy atom. The molecule has 206 valence electrons. The van der Waals surface area contributed by atoms with Crippen LogP contribution in [0.2, 0.25) is 0 Å². The monoisotopic (exact) mass is 548 g/mol. The molecule has 0 saturated carbocycles. The summed E-state index contributed by atoms with van der Waals surface area (Å²) in [4.78, 5) is 38.1. The minimum atomic E-state index is -0.921. The number of rotatable bonds is 15. The van der Waals surface area contributed by atoms with Crippen LogP contribution in [0.3, 0.4) is 0 Å². The number of amides is 3. The second kappa shape index (κ2) is 15.6. The van der Waals surface area contributed by atoms with E-state index in [2.05, 4.69) is 10.6 Å². The van der Waals surface area contributed by atoms with E-state index in [0.717, 1.165) is 16.7 Å². The molecule has 3 amide bonds. The Bertz CT molecular complexity index is 1190. The molecule has 3 aromatic rings. The van der Waals surface area contributed by atoms with Gasteiger partial charge in [-0.1, -0.05) is 72.8 Å². The summed E-state index contributed by atoms with van der Waals surface area (Å²) in [6, 6.07) is 24.0. The maximum Gasteiger partial charge on any atom is 0.243 e. The predicted molar refractivity (Wildman–Crippen MR) is 155 cm³/mol. The first kappa shape index (κ1) is 29.7. The smallest absolute Gasteiger partial charge is 0.243 e. The Morgan fingerprint density at radius 2 is 1.33 bits per heavy atom. The lowest BCUT2D eigenvalue weighted by Crippen LogP contribution is -2.56. The van der Waals surface area contributed by atoms with Crippen LogP contribution in [0.1, 0.15) is 23.1 Å². The zero-order valence-corrected chi connectivity index (χ0v) is 22.9. The summed E-state index contributed by atoms with van der Waals surface area (Å²) in [5.41, 5.74) is 14.5. The molecule has 0 aliphatic carbocycles. The fraction of sp³-hybridized carbons (Fsp3) is 0.300. The van der Waals surface area contributed by atoms with Gasteiger partial charge in [-0.2, -0.15) is 11.8 Å². The van der Waals surface area contributed by atoms with Crippen molar-refractivity contribution in [2.24, 2.45) is 11.5 Å². The van der Waals surface area contributed by atoms with Crippen LogP contribution < -0.4 is 26.8 Å². The van der Waals surface area contributed by atoms with E-state index >= 15 is 0 Å². The molecule has 3 aromatic carbocycles. The van der Waals surface area contributed by atoms with Crippen molar-refractivity contribution < 1.29 is 19.1 Å². The van der Waals surface area contributed by atoms with Crippen molar-refractivity contribution in [3.8, 4) is 5.75 Å². The molecule has 9 heteroatoms. The molecule has 8 nitrogen and oxygen atoms in total. The molecule has 0 heterocycles.